The molecule has 8 heteroatoms. The molecule has 3 heterocycles. The van der Waals surface area contributed by atoms with Crippen LogP contribution in [0.15, 0.2) is 42.6 Å². The minimum absolute atomic E-state index is 0.132. The Morgan fingerprint density at radius 1 is 1.14 bits per heavy atom. The Balaban J connectivity index is 1.54. The Kier molecular flexibility index (Phi) is 4.80. The number of carbonyl (C=O) groups excluding carboxylic acids is 2. The van der Waals surface area contributed by atoms with Crippen LogP contribution in [0, 0.1) is 11.6 Å². The molecule has 1 unspecified atom stereocenters. The molecular formula is C20H19F2N3O3. The first-order valence-corrected chi connectivity index (χ1v) is 9.07. The van der Waals surface area contributed by atoms with Gasteiger partial charge in [-0.1, -0.05) is 6.07 Å². The molecule has 2 saturated heterocycles. The Morgan fingerprint density at radius 2 is 2.00 bits per heavy atom. The zero-order valence-electron chi connectivity index (χ0n) is 15.1. The lowest BCUT2D eigenvalue weighted by Gasteiger charge is -2.47. The summed E-state index contributed by atoms with van der Waals surface area (Å²) < 4.78 is 32.6. The molecule has 2 aliphatic rings. The summed E-state index contributed by atoms with van der Waals surface area (Å²) in [7, 11) is 0. The number of pyridine rings is 1. The van der Waals surface area contributed by atoms with Crippen LogP contribution < -0.4 is 4.90 Å². The van der Waals surface area contributed by atoms with Gasteiger partial charge in [-0.3, -0.25) is 9.59 Å². The minimum atomic E-state index is -0.728. The first-order valence-electron chi connectivity index (χ1n) is 9.07. The third-order valence-corrected chi connectivity index (χ3v) is 5.14. The van der Waals surface area contributed by atoms with Gasteiger partial charge in [-0.15, -0.1) is 0 Å². The number of hydrogen-bond donors (Lipinski definition) is 0. The third-order valence-electron chi connectivity index (χ3n) is 5.14. The molecule has 0 saturated carbocycles. The van der Waals surface area contributed by atoms with Crippen molar-refractivity contribution in [3.8, 4) is 0 Å². The van der Waals surface area contributed by atoms with Crippen molar-refractivity contribution in [3.05, 3.63) is 59.9 Å². The van der Waals surface area contributed by atoms with Gasteiger partial charge in [0.1, 0.15) is 29.5 Å². The fourth-order valence-electron chi connectivity index (χ4n) is 3.78. The molecule has 28 heavy (non-hydrogen) atoms. The molecule has 2 aliphatic heterocycles. The van der Waals surface area contributed by atoms with Crippen LogP contribution >= 0.6 is 0 Å². The summed E-state index contributed by atoms with van der Waals surface area (Å²) in [6.07, 6.45) is 2.37. The molecule has 0 radical (unpaired) electrons. The van der Waals surface area contributed by atoms with Gasteiger partial charge in [0, 0.05) is 12.2 Å². The number of nitrogens with zero attached hydrogens (tertiary/aromatic N) is 3. The molecule has 1 aromatic carbocycles. The van der Waals surface area contributed by atoms with Crippen molar-refractivity contribution in [3.63, 3.8) is 0 Å². The molecule has 2 aromatic rings. The van der Waals surface area contributed by atoms with Crippen LogP contribution in [0.1, 0.15) is 23.3 Å². The van der Waals surface area contributed by atoms with Gasteiger partial charge in [0.15, 0.2) is 0 Å². The summed E-state index contributed by atoms with van der Waals surface area (Å²) >= 11 is 0. The average molecular weight is 387 g/mol. The smallest absolute Gasteiger partial charge is 0.272 e. The van der Waals surface area contributed by atoms with Gasteiger partial charge in [0.05, 0.1) is 19.3 Å². The van der Waals surface area contributed by atoms with Crippen molar-refractivity contribution >= 4 is 17.5 Å². The maximum atomic E-state index is 13.6. The van der Waals surface area contributed by atoms with Crippen molar-refractivity contribution in [1.82, 2.24) is 9.88 Å². The van der Waals surface area contributed by atoms with E-state index in [1.807, 2.05) is 0 Å². The maximum absolute atomic E-state index is 13.6. The van der Waals surface area contributed by atoms with E-state index in [4.69, 9.17) is 4.74 Å². The quantitative estimate of drug-likeness (QED) is 0.794. The molecule has 1 aromatic heterocycles. The van der Waals surface area contributed by atoms with Crippen LogP contribution in [0.2, 0.25) is 0 Å². The predicted molar refractivity (Wildman–Crippen MR) is 96.8 cm³/mol. The van der Waals surface area contributed by atoms with E-state index < -0.39 is 17.2 Å². The molecule has 0 aliphatic carbocycles. The van der Waals surface area contributed by atoms with Crippen LogP contribution in [-0.4, -0.2) is 53.5 Å². The highest BCUT2D eigenvalue weighted by molar-refractivity contribution is 5.95. The molecule has 2 amide bonds. The largest absolute Gasteiger partial charge is 0.361 e. The number of aromatic nitrogens is 1. The minimum Gasteiger partial charge on any atom is -0.361 e. The van der Waals surface area contributed by atoms with Crippen molar-refractivity contribution in [2.45, 2.75) is 18.4 Å². The number of hydrogen-bond acceptors (Lipinski definition) is 4. The van der Waals surface area contributed by atoms with E-state index >= 15 is 0 Å². The van der Waals surface area contributed by atoms with Crippen molar-refractivity contribution in [1.29, 1.82) is 0 Å². The van der Waals surface area contributed by atoms with Gasteiger partial charge < -0.3 is 14.5 Å². The summed E-state index contributed by atoms with van der Waals surface area (Å²) in [5, 5.41) is 0. The second-order valence-electron chi connectivity index (χ2n) is 7.12. The number of rotatable bonds is 2. The van der Waals surface area contributed by atoms with Gasteiger partial charge in [-0.25, -0.2) is 13.8 Å². The van der Waals surface area contributed by atoms with E-state index in [0.717, 1.165) is 6.20 Å². The van der Waals surface area contributed by atoms with E-state index in [0.29, 0.717) is 25.1 Å². The number of halogens is 2. The number of anilines is 1. The summed E-state index contributed by atoms with van der Waals surface area (Å²) in [4.78, 5) is 32.1. The standard InChI is InChI=1S/C20H19F2N3O3/c21-14-3-1-4-16(9-14)25-13-20(28-11-18(25)26)7-2-8-24(12-20)19(27)17-6-5-15(22)10-23-17/h1,3-6,9-10H,2,7-8,11-13H2. The van der Waals surface area contributed by atoms with Crippen LogP contribution in [0.3, 0.4) is 0 Å². The number of piperidine rings is 1. The predicted octanol–water partition coefficient (Wildman–Crippen LogP) is 2.40. The lowest BCUT2D eigenvalue weighted by Crippen LogP contribution is -2.62. The second kappa shape index (κ2) is 7.27. The van der Waals surface area contributed by atoms with Crippen LogP contribution in [0.25, 0.3) is 0 Å². The SMILES string of the molecule is O=C(c1ccc(F)cn1)N1CCCC2(C1)CN(c1cccc(F)c1)C(=O)CO2. The summed E-state index contributed by atoms with van der Waals surface area (Å²) in [6.45, 7) is 0.907. The lowest BCUT2D eigenvalue weighted by atomic mass is 9.90. The van der Waals surface area contributed by atoms with Crippen molar-refractivity contribution in [2.24, 2.45) is 0 Å². The Hall–Kier alpha value is -2.87. The number of likely N-dealkylation sites (tertiary alicyclic amines) is 1. The zero-order chi connectivity index (χ0) is 19.7. The highest BCUT2D eigenvalue weighted by Crippen LogP contribution is 2.32. The van der Waals surface area contributed by atoms with Gasteiger partial charge in [-0.2, -0.15) is 0 Å². The zero-order valence-corrected chi connectivity index (χ0v) is 15.1. The fourth-order valence-corrected chi connectivity index (χ4v) is 3.78. The van der Waals surface area contributed by atoms with Gasteiger partial charge >= 0.3 is 0 Å². The van der Waals surface area contributed by atoms with Crippen LogP contribution in [0.5, 0.6) is 0 Å². The highest BCUT2D eigenvalue weighted by atomic mass is 19.1. The monoisotopic (exact) mass is 387 g/mol. The fraction of sp³-hybridized carbons (Fsp3) is 0.350. The first-order chi connectivity index (χ1) is 13.5. The van der Waals surface area contributed by atoms with E-state index in [1.165, 1.54) is 29.2 Å². The van der Waals surface area contributed by atoms with E-state index in [-0.39, 0.29) is 37.2 Å². The summed E-state index contributed by atoms with van der Waals surface area (Å²) in [5.41, 5.74) is -0.0996. The van der Waals surface area contributed by atoms with Crippen molar-refractivity contribution < 1.29 is 23.1 Å². The number of amides is 2. The molecule has 0 bridgehead atoms. The Morgan fingerprint density at radius 3 is 2.75 bits per heavy atom. The summed E-state index contributed by atoms with van der Waals surface area (Å²) in [6, 6.07) is 8.40. The van der Waals surface area contributed by atoms with E-state index in [9.17, 15) is 18.4 Å². The Labute approximate surface area is 160 Å². The number of morpholine rings is 1. The molecule has 4 rings (SSSR count). The third kappa shape index (κ3) is 3.60. The molecular weight excluding hydrogens is 368 g/mol. The van der Waals surface area contributed by atoms with Gasteiger partial charge in [0.25, 0.3) is 11.8 Å². The van der Waals surface area contributed by atoms with Crippen molar-refractivity contribution in [2.75, 3.05) is 31.1 Å². The number of benzene rings is 1. The first kappa shape index (κ1) is 18.5. The normalized spacial score (nSPS) is 22.6. The number of ether oxygens (including phenoxy) is 1. The number of carbonyl (C=O) groups is 2. The van der Waals surface area contributed by atoms with E-state index in [1.54, 1.807) is 17.0 Å². The van der Waals surface area contributed by atoms with Crippen LogP contribution in [-0.2, 0) is 9.53 Å². The molecule has 6 nitrogen and oxygen atoms in total. The molecule has 0 N–H and O–H groups in total. The van der Waals surface area contributed by atoms with Gasteiger partial charge in [-0.05, 0) is 43.2 Å². The topological polar surface area (TPSA) is 62.7 Å². The summed E-state index contributed by atoms with van der Waals surface area (Å²) in [5.74, 6) is -1.49. The lowest BCUT2D eigenvalue weighted by molar-refractivity contribution is -0.144. The Bertz CT molecular complexity index is 906. The molecule has 146 valence electrons. The van der Waals surface area contributed by atoms with Crippen LogP contribution in [0.4, 0.5) is 14.5 Å². The average Bonchev–Trinajstić information content (AvgIpc) is 2.70. The molecule has 2 fully saturated rings. The maximum Gasteiger partial charge on any atom is 0.272 e. The van der Waals surface area contributed by atoms with E-state index in [2.05, 4.69) is 4.98 Å². The highest BCUT2D eigenvalue weighted by Gasteiger charge is 2.44. The van der Waals surface area contributed by atoms with Gasteiger partial charge in [0.2, 0.25) is 0 Å². The molecule has 1 atom stereocenters. The molecule has 1 spiro atoms. The second-order valence-corrected chi connectivity index (χ2v) is 7.12.